The molecule has 1 amide bonds. The highest BCUT2D eigenvalue weighted by molar-refractivity contribution is 6.30. The quantitative estimate of drug-likeness (QED) is 0.866. The second kappa shape index (κ2) is 4.85. The third-order valence-electron chi connectivity index (χ3n) is 2.83. The van der Waals surface area contributed by atoms with Crippen molar-refractivity contribution in [2.75, 3.05) is 13.1 Å². The fourth-order valence-corrected chi connectivity index (χ4v) is 2.06. The van der Waals surface area contributed by atoms with Gasteiger partial charge in [0.15, 0.2) is 0 Å². The lowest BCUT2D eigenvalue weighted by molar-refractivity contribution is -0.127. The molecule has 0 bridgehead atoms. The molecule has 86 valence electrons. The van der Waals surface area contributed by atoms with Crippen LogP contribution in [-0.2, 0) is 11.2 Å². The molecule has 2 N–H and O–H groups in total. The Bertz CT molecular complexity index is 377. The van der Waals surface area contributed by atoms with Crippen LogP contribution in [0.3, 0.4) is 0 Å². The van der Waals surface area contributed by atoms with Gasteiger partial charge in [0.25, 0.3) is 0 Å². The summed E-state index contributed by atoms with van der Waals surface area (Å²) in [6.45, 7) is 1.43. The highest BCUT2D eigenvalue weighted by Gasteiger charge is 2.26. The van der Waals surface area contributed by atoms with Crippen LogP contribution in [0.15, 0.2) is 24.3 Å². The average Bonchev–Trinajstić information content (AvgIpc) is 2.57. The van der Waals surface area contributed by atoms with Crippen molar-refractivity contribution in [2.45, 2.75) is 18.9 Å². The average molecular weight is 239 g/mol. The van der Waals surface area contributed by atoms with Crippen LogP contribution in [0.2, 0.25) is 5.02 Å². The summed E-state index contributed by atoms with van der Waals surface area (Å²) < 4.78 is 0. The first-order valence-corrected chi connectivity index (χ1v) is 5.81. The van der Waals surface area contributed by atoms with Gasteiger partial charge < -0.3 is 10.6 Å². The lowest BCUT2D eigenvalue weighted by Gasteiger charge is -2.15. The number of hydrogen-bond donors (Lipinski definition) is 1. The first kappa shape index (κ1) is 11.4. The van der Waals surface area contributed by atoms with Crippen molar-refractivity contribution in [1.29, 1.82) is 0 Å². The smallest absolute Gasteiger partial charge is 0.224 e. The fraction of sp³-hybridized carbons (Fsp3) is 0.417. The zero-order valence-electron chi connectivity index (χ0n) is 9.03. The molecule has 1 atom stereocenters. The van der Waals surface area contributed by atoms with E-state index < -0.39 is 0 Å². The minimum atomic E-state index is 0.0118. The van der Waals surface area contributed by atoms with Gasteiger partial charge in [-0.1, -0.05) is 23.7 Å². The maximum atomic E-state index is 11.5. The van der Waals surface area contributed by atoms with Crippen LogP contribution in [0.1, 0.15) is 12.0 Å². The van der Waals surface area contributed by atoms with Crippen molar-refractivity contribution in [3.05, 3.63) is 34.9 Å². The van der Waals surface area contributed by atoms with E-state index in [1.165, 1.54) is 5.56 Å². The van der Waals surface area contributed by atoms with E-state index in [1.807, 2.05) is 29.2 Å². The van der Waals surface area contributed by atoms with Gasteiger partial charge in [-0.3, -0.25) is 4.79 Å². The second-order valence-electron chi connectivity index (χ2n) is 4.18. The Morgan fingerprint density at radius 1 is 1.38 bits per heavy atom. The number of rotatable bonds is 3. The van der Waals surface area contributed by atoms with Crippen molar-refractivity contribution >= 4 is 17.5 Å². The molecule has 4 heteroatoms. The minimum absolute atomic E-state index is 0.0118. The Kier molecular flexibility index (Phi) is 3.46. The van der Waals surface area contributed by atoms with Crippen molar-refractivity contribution in [1.82, 2.24) is 4.90 Å². The van der Waals surface area contributed by atoms with Crippen LogP contribution in [-0.4, -0.2) is 29.9 Å². The highest BCUT2D eigenvalue weighted by atomic mass is 35.5. The molecule has 2 rings (SSSR count). The number of halogens is 1. The molecule has 1 unspecified atom stereocenters. The van der Waals surface area contributed by atoms with Crippen LogP contribution in [0, 0.1) is 0 Å². The normalized spacial score (nSPS) is 20.5. The van der Waals surface area contributed by atoms with Crippen LogP contribution < -0.4 is 5.73 Å². The molecule has 3 nitrogen and oxygen atoms in total. The van der Waals surface area contributed by atoms with E-state index in [1.54, 1.807) is 0 Å². The summed E-state index contributed by atoms with van der Waals surface area (Å²) >= 11 is 5.80. The molecule has 1 aliphatic rings. The van der Waals surface area contributed by atoms with Crippen LogP contribution >= 0.6 is 11.6 Å². The lowest BCUT2D eigenvalue weighted by atomic mass is 10.1. The number of likely N-dealkylation sites (tertiary alicyclic amines) is 1. The molecule has 0 aromatic heterocycles. The largest absolute Gasteiger partial charge is 0.341 e. The van der Waals surface area contributed by atoms with E-state index in [-0.39, 0.29) is 11.9 Å². The van der Waals surface area contributed by atoms with Gasteiger partial charge in [-0.15, -0.1) is 0 Å². The van der Waals surface area contributed by atoms with Crippen molar-refractivity contribution in [2.24, 2.45) is 5.73 Å². The van der Waals surface area contributed by atoms with Crippen molar-refractivity contribution in [3.8, 4) is 0 Å². The highest BCUT2D eigenvalue weighted by Crippen LogP contribution is 2.13. The van der Waals surface area contributed by atoms with Crippen LogP contribution in [0.4, 0.5) is 0 Å². The maximum absolute atomic E-state index is 11.5. The summed E-state index contributed by atoms with van der Waals surface area (Å²) in [5.74, 6) is 0.168. The van der Waals surface area contributed by atoms with E-state index in [4.69, 9.17) is 17.3 Å². The molecule has 1 fully saturated rings. The van der Waals surface area contributed by atoms with Gasteiger partial charge >= 0.3 is 0 Å². The summed E-state index contributed by atoms with van der Waals surface area (Å²) in [7, 11) is 0. The maximum Gasteiger partial charge on any atom is 0.224 e. The Labute approximate surface area is 100 Å². The summed E-state index contributed by atoms with van der Waals surface area (Å²) in [5.41, 5.74) is 6.92. The molecule has 1 aliphatic heterocycles. The molecule has 1 aromatic rings. The summed E-state index contributed by atoms with van der Waals surface area (Å²) in [6.07, 6.45) is 1.34. The number of carbonyl (C=O) groups is 1. The minimum Gasteiger partial charge on any atom is -0.341 e. The zero-order valence-corrected chi connectivity index (χ0v) is 9.78. The number of nitrogens with zero attached hydrogens (tertiary/aromatic N) is 1. The van der Waals surface area contributed by atoms with Gasteiger partial charge in [0.2, 0.25) is 5.91 Å². The van der Waals surface area contributed by atoms with Crippen LogP contribution in [0.25, 0.3) is 0 Å². The zero-order chi connectivity index (χ0) is 11.5. The predicted molar refractivity (Wildman–Crippen MR) is 64.3 cm³/mol. The first-order chi connectivity index (χ1) is 7.65. The Hall–Kier alpha value is -1.06. The Balaban J connectivity index is 1.88. The molecule has 1 saturated heterocycles. The molecule has 16 heavy (non-hydrogen) atoms. The third kappa shape index (κ3) is 2.74. The molecule has 0 radical (unpaired) electrons. The molecule has 0 aliphatic carbocycles. The first-order valence-electron chi connectivity index (χ1n) is 5.43. The Morgan fingerprint density at radius 2 is 2.06 bits per heavy atom. The summed E-state index contributed by atoms with van der Waals surface area (Å²) in [5, 5.41) is 0.739. The fourth-order valence-electron chi connectivity index (χ4n) is 1.93. The lowest BCUT2D eigenvalue weighted by Crippen LogP contribution is -2.30. The number of nitrogens with two attached hydrogens (primary N) is 1. The van der Waals surface area contributed by atoms with Crippen LogP contribution in [0.5, 0.6) is 0 Å². The monoisotopic (exact) mass is 238 g/mol. The summed E-state index contributed by atoms with van der Waals surface area (Å²) in [6, 6.07) is 7.73. The van der Waals surface area contributed by atoms with E-state index in [2.05, 4.69) is 0 Å². The number of benzene rings is 1. The number of amides is 1. The van der Waals surface area contributed by atoms with Gasteiger partial charge in [0.05, 0.1) is 0 Å². The van der Waals surface area contributed by atoms with E-state index >= 15 is 0 Å². The molecule has 0 spiro atoms. The van der Waals surface area contributed by atoms with Gasteiger partial charge in [0, 0.05) is 30.6 Å². The van der Waals surface area contributed by atoms with Gasteiger partial charge in [0.1, 0.15) is 0 Å². The SMILES string of the molecule is NC1CC(=O)N(CCc2ccc(Cl)cc2)C1. The van der Waals surface area contributed by atoms with E-state index in [9.17, 15) is 4.79 Å². The van der Waals surface area contributed by atoms with E-state index in [0.29, 0.717) is 13.0 Å². The Morgan fingerprint density at radius 3 is 2.62 bits per heavy atom. The van der Waals surface area contributed by atoms with Gasteiger partial charge in [-0.05, 0) is 24.1 Å². The van der Waals surface area contributed by atoms with Crippen molar-refractivity contribution in [3.63, 3.8) is 0 Å². The van der Waals surface area contributed by atoms with Gasteiger partial charge in [-0.25, -0.2) is 0 Å². The summed E-state index contributed by atoms with van der Waals surface area (Å²) in [4.78, 5) is 13.3. The number of hydrogen-bond acceptors (Lipinski definition) is 2. The van der Waals surface area contributed by atoms with Gasteiger partial charge in [-0.2, -0.15) is 0 Å². The number of carbonyl (C=O) groups excluding carboxylic acids is 1. The second-order valence-corrected chi connectivity index (χ2v) is 4.62. The topological polar surface area (TPSA) is 46.3 Å². The molecule has 1 aromatic carbocycles. The standard InChI is InChI=1S/C12H15ClN2O/c13-10-3-1-9(2-4-10)5-6-15-8-11(14)7-12(15)16/h1-4,11H,5-8,14H2. The predicted octanol–water partition coefficient (Wildman–Crippen LogP) is 1.44. The molecular weight excluding hydrogens is 224 g/mol. The third-order valence-corrected chi connectivity index (χ3v) is 3.08. The molecule has 1 heterocycles. The molecule has 0 saturated carbocycles. The van der Waals surface area contributed by atoms with Crippen molar-refractivity contribution < 1.29 is 4.79 Å². The molecular formula is C12H15ClN2O. The van der Waals surface area contributed by atoms with E-state index in [0.717, 1.165) is 18.0 Å².